The SMILES string of the molecule is COc1cc(NCC(=O)Nc2cccc(F)c2)ccc1Cl. The number of rotatable bonds is 5. The predicted molar refractivity (Wildman–Crippen MR) is 81.5 cm³/mol. The zero-order valence-electron chi connectivity index (χ0n) is 11.3. The van der Waals surface area contributed by atoms with Gasteiger partial charge in [0.15, 0.2) is 0 Å². The van der Waals surface area contributed by atoms with E-state index in [0.717, 1.165) is 0 Å². The molecule has 0 bridgehead atoms. The number of hydrogen-bond acceptors (Lipinski definition) is 3. The highest BCUT2D eigenvalue weighted by Crippen LogP contribution is 2.27. The van der Waals surface area contributed by atoms with Crippen molar-refractivity contribution in [3.8, 4) is 5.75 Å². The van der Waals surface area contributed by atoms with Crippen LogP contribution < -0.4 is 15.4 Å². The van der Waals surface area contributed by atoms with Crippen molar-refractivity contribution in [2.75, 3.05) is 24.3 Å². The predicted octanol–water partition coefficient (Wildman–Crippen LogP) is 3.54. The molecule has 2 aromatic carbocycles. The van der Waals surface area contributed by atoms with Crippen molar-refractivity contribution in [2.45, 2.75) is 0 Å². The summed E-state index contributed by atoms with van der Waals surface area (Å²) in [5, 5.41) is 6.02. The van der Waals surface area contributed by atoms with Gasteiger partial charge in [0.1, 0.15) is 11.6 Å². The van der Waals surface area contributed by atoms with Gasteiger partial charge in [-0.3, -0.25) is 4.79 Å². The van der Waals surface area contributed by atoms with E-state index in [1.165, 1.54) is 25.3 Å². The fraction of sp³-hybridized carbons (Fsp3) is 0.133. The molecule has 0 unspecified atom stereocenters. The summed E-state index contributed by atoms with van der Waals surface area (Å²) in [4.78, 5) is 11.8. The van der Waals surface area contributed by atoms with Gasteiger partial charge in [0, 0.05) is 17.4 Å². The Morgan fingerprint density at radius 3 is 2.76 bits per heavy atom. The molecule has 2 N–H and O–H groups in total. The van der Waals surface area contributed by atoms with Gasteiger partial charge in [-0.05, 0) is 30.3 Å². The molecule has 1 amide bonds. The minimum atomic E-state index is -0.400. The van der Waals surface area contributed by atoms with E-state index in [1.807, 2.05) is 0 Å². The second kappa shape index (κ2) is 6.95. The molecule has 110 valence electrons. The van der Waals surface area contributed by atoms with Crippen LogP contribution in [0, 0.1) is 5.82 Å². The summed E-state index contributed by atoms with van der Waals surface area (Å²) >= 11 is 5.91. The second-order valence-corrected chi connectivity index (χ2v) is 4.67. The van der Waals surface area contributed by atoms with E-state index in [9.17, 15) is 9.18 Å². The molecular formula is C15H14ClFN2O2. The maximum absolute atomic E-state index is 13.0. The lowest BCUT2D eigenvalue weighted by atomic mass is 10.3. The molecule has 0 saturated heterocycles. The Hall–Kier alpha value is -2.27. The van der Waals surface area contributed by atoms with Gasteiger partial charge in [0.2, 0.25) is 5.91 Å². The van der Waals surface area contributed by atoms with Gasteiger partial charge >= 0.3 is 0 Å². The summed E-state index contributed by atoms with van der Waals surface area (Å²) in [5.74, 6) is -0.162. The van der Waals surface area contributed by atoms with Gasteiger partial charge in [-0.15, -0.1) is 0 Å². The number of carbonyl (C=O) groups is 1. The van der Waals surface area contributed by atoms with Gasteiger partial charge in [-0.2, -0.15) is 0 Å². The first-order valence-electron chi connectivity index (χ1n) is 6.21. The molecule has 0 spiro atoms. The maximum atomic E-state index is 13.0. The van der Waals surface area contributed by atoms with Crippen LogP contribution in [0.5, 0.6) is 5.75 Å². The molecule has 2 aromatic rings. The molecule has 0 aromatic heterocycles. The Bertz CT molecular complexity index is 649. The maximum Gasteiger partial charge on any atom is 0.243 e. The van der Waals surface area contributed by atoms with Crippen molar-refractivity contribution in [3.05, 3.63) is 53.3 Å². The van der Waals surface area contributed by atoms with Crippen molar-refractivity contribution < 1.29 is 13.9 Å². The summed E-state index contributed by atoms with van der Waals surface area (Å²) < 4.78 is 18.1. The largest absolute Gasteiger partial charge is 0.495 e. The number of nitrogens with one attached hydrogen (secondary N) is 2. The number of methoxy groups -OCH3 is 1. The summed E-state index contributed by atoms with van der Waals surface area (Å²) in [6, 6.07) is 10.8. The van der Waals surface area contributed by atoms with Crippen LogP contribution in [0.1, 0.15) is 0 Å². The van der Waals surface area contributed by atoms with Crippen LogP contribution in [0.4, 0.5) is 15.8 Å². The number of amides is 1. The fourth-order valence-electron chi connectivity index (χ4n) is 1.72. The average Bonchev–Trinajstić information content (AvgIpc) is 2.46. The molecule has 0 fully saturated rings. The van der Waals surface area contributed by atoms with Gasteiger partial charge in [0.25, 0.3) is 0 Å². The van der Waals surface area contributed by atoms with E-state index < -0.39 is 5.82 Å². The van der Waals surface area contributed by atoms with Gasteiger partial charge < -0.3 is 15.4 Å². The van der Waals surface area contributed by atoms with Crippen molar-refractivity contribution in [3.63, 3.8) is 0 Å². The van der Waals surface area contributed by atoms with E-state index in [2.05, 4.69) is 10.6 Å². The molecule has 0 aliphatic carbocycles. The molecule has 0 radical (unpaired) electrons. The van der Waals surface area contributed by atoms with E-state index in [-0.39, 0.29) is 12.5 Å². The highest BCUT2D eigenvalue weighted by atomic mass is 35.5. The Kier molecular flexibility index (Phi) is 5.00. The van der Waals surface area contributed by atoms with Crippen LogP contribution in [0.2, 0.25) is 5.02 Å². The molecular weight excluding hydrogens is 295 g/mol. The lowest BCUT2D eigenvalue weighted by molar-refractivity contribution is -0.114. The monoisotopic (exact) mass is 308 g/mol. The van der Waals surface area contributed by atoms with Crippen LogP contribution in [-0.4, -0.2) is 19.6 Å². The molecule has 6 heteroatoms. The molecule has 0 atom stereocenters. The van der Waals surface area contributed by atoms with Crippen LogP contribution >= 0.6 is 11.6 Å². The van der Waals surface area contributed by atoms with Gasteiger partial charge in [-0.25, -0.2) is 4.39 Å². The summed E-state index contributed by atoms with van der Waals surface area (Å²) in [6.45, 7) is 0.0430. The number of hydrogen-bond donors (Lipinski definition) is 2. The quantitative estimate of drug-likeness (QED) is 0.888. The van der Waals surface area contributed by atoms with Crippen molar-refractivity contribution >= 4 is 28.9 Å². The highest BCUT2D eigenvalue weighted by molar-refractivity contribution is 6.32. The standard InChI is InChI=1S/C15H14ClFN2O2/c1-21-14-8-11(5-6-13(14)16)18-9-15(20)19-12-4-2-3-10(17)7-12/h2-8,18H,9H2,1H3,(H,19,20). The third kappa shape index (κ3) is 4.36. The third-order valence-electron chi connectivity index (χ3n) is 2.71. The summed E-state index contributed by atoms with van der Waals surface area (Å²) in [7, 11) is 1.52. The van der Waals surface area contributed by atoms with Crippen LogP contribution in [0.25, 0.3) is 0 Å². The molecule has 0 aliphatic rings. The normalized spacial score (nSPS) is 10.0. The number of carbonyl (C=O) groups excluding carboxylic acids is 1. The van der Waals surface area contributed by atoms with E-state index >= 15 is 0 Å². The van der Waals surface area contributed by atoms with Crippen LogP contribution in [0.15, 0.2) is 42.5 Å². The van der Waals surface area contributed by atoms with Crippen LogP contribution in [0.3, 0.4) is 0 Å². The van der Waals surface area contributed by atoms with Gasteiger partial charge in [-0.1, -0.05) is 17.7 Å². The first-order valence-corrected chi connectivity index (χ1v) is 6.59. The third-order valence-corrected chi connectivity index (χ3v) is 3.02. The smallest absolute Gasteiger partial charge is 0.243 e. The molecule has 0 aliphatic heterocycles. The summed E-state index contributed by atoms with van der Waals surface area (Å²) in [5.41, 5.74) is 1.11. The Labute approximate surface area is 126 Å². The minimum Gasteiger partial charge on any atom is -0.495 e. The fourth-order valence-corrected chi connectivity index (χ4v) is 1.92. The van der Waals surface area contributed by atoms with E-state index in [1.54, 1.807) is 24.3 Å². The van der Waals surface area contributed by atoms with Crippen molar-refractivity contribution in [2.24, 2.45) is 0 Å². The second-order valence-electron chi connectivity index (χ2n) is 4.26. The number of halogens is 2. The lowest BCUT2D eigenvalue weighted by Crippen LogP contribution is -2.21. The van der Waals surface area contributed by atoms with Crippen LogP contribution in [-0.2, 0) is 4.79 Å². The average molecular weight is 309 g/mol. The Morgan fingerprint density at radius 1 is 1.24 bits per heavy atom. The molecule has 21 heavy (non-hydrogen) atoms. The molecule has 4 nitrogen and oxygen atoms in total. The highest BCUT2D eigenvalue weighted by Gasteiger charge is 2.05. The molecule has 0 saturated carbocycles. The minimum absolute atomic E-state index is 0.0430. The number of benzene rings is 2. The van der Waals surface area contributed by atoms with E-state index in [4.69, 9.17) is 16.3 Å². The topological polar surface area (TPSA) is 50.4 Å². The summed E-state index contributed by atoms with van der Waals surface area (Å²) in [6.07, 6.45) is 0. The Morgan fingerprint density at radius 2 is 2.05 bits per heavy atom. The van der Waals surface area contributed by atoms with Crippen molar-refractivity contribution in [1.29, 1.82) is 0 Å². The zero-order valence-corrected chi connectivity index (χ0v) is 12.1. The first kappa shape index (κ1) is 15.1. The number of anilines is 2. The zero-order chi connectivity index (χ0) is 15.2. The van der Waals surface area contributed by atoms with Gasteiger partial charge in [0.05, 0.1) is 18.7 Å². The van der Waals surface area contributed by atoms with Crippen molar-refractivity contribution in [1.82, 2.24) is 0 Å². The molecule has 0 heterocycles. The number of ether oxygens (including phenoxy) is 1. The van der Waals surface area contributed by atoms with E-state index in [0.29, 0.717) is 22.1 Å². The first-order chi connectivity index (χ1) is 10.1. The molecule has 2 rings (SSSR count). The Balaban J connectivity index is 1.92. The lowest BCUT2D eigenvalue weighted by Gasteiger charge is -2.10.